The van der Waals surface area contributed by atoms with Crippen LogP contribution < -0.4 is 29.6 Å². The van der Waals surface area contributed by atoms with E-state index in [2.05, 4.69) is 23.4 Å². The van der Waals surface area contributed by atoms with Crippen LogP contribution in [0.1, 0.15) is 129 Å². The summed E-state index contributed by atoms with van der Waals surface area (Å²) in [6, 6.07) is 0. The van der Waals surface area contributed by atoms with Crippen molar-refractivity contribution in [3.05, 3.63) is 0 Å². The molecule has 0 spiro atoms. The van der Waals surface area contributed by atoms with Crippen LogP contribution in [0.4, 0.5) is 0 Å². The maximum absolute atomic E-state index is 12.2. The minimum Gasteiger partial charge on any atom is -0.748 e. The molecule has 0 saturated carbocycles. The maximum atomic E-state index is 12.2. The number of rotatable bonds is 23. The number of unbranched alkanes of at least 4 members (excludes halogenated alkanes) is 13. The second-order valence-corrected chi connectivity index (χ2v) is 11.7. The first-order valence-corrected chi connectivity index (χ1v) is 15.7. The molecule has 0 aromatic heterocycles. The van der Waals surface area contributed by atoms with E-state index in [1.54, 1.807) is 0 Å². The van der Waals surface area contributed by atoms with Crippen LogP contribution in [0.15, 0.2) is 0 Å². The summed E-state index contributed by atoms with van der Waals surface area (Å²) in [4.78, 5) is 14.7. The maximum Gasteiger partial charge on any atom is 1.00 e. The fourth-order valence-electron chi connectivity index (χ4n) is 4.85. The molecule has 1 rings (SSSR count). The normalized spacial score (nSPS) is 14.0. The predicted octanol–water partition coefficient (Wildman–Crippen LogP) is 2.89. The predicted molar refractivity (Wildman–Crippen MR) is 141 cm³/mol. The summed E-state index contributed by atoms with van der Waals surface area (Å²) in [6.07, 6.45) is 20.7. The van der Waals surface area contributed by atoms with Crippen LogP contribution in [0.3, 0.4) is 0 Å². The Morgan fingerprint density at radius 3 is 1.94 bits per heavy atom. The molecule has 0 aromatic carbocycles. The van der Waals surface area contributed by atoms with Crippen LogP contribution in [0, 0.1) is 0 Å². The van der Waals surface area contributed by atoms with Gasteiger partial charge >= 0.3 is 29.6 Å². The van der Waals surface area contributed by atoms with Crippen LogP contribution in [0.5, 0.6) is 0 Å². The molecule has 0 atom stereocenters. The molecule has 0 N–H and O–H groups in total. The Balaban J connectivity index is 0.0000116. The van der Waals surface area contributed by atoms with Crippen molar-refractivity contribution >= 4 is 21.7 Å². The Bertz CT molecular complexity index is 683. The molecule has 8 heteroatoms. The van der Waals surface area contributed by atoms with Crippen LogP contribution >= 0.6 is 0 Å². The number of carbonyl (C=O) groups is 1. The minimum absolute atomic E-state index is 0. The number of likely N-dealkylation sites (N-methyl/N-ethyl adjacent to an activating group) is 1. The van der Waals surface area contributed by atoms with Crippen molar-refractivity contribution in [3.63, 3.8) is 0 Å². The van der Waals surface area contributed by atoms with E-state index < -0.39 is 10.1 Å². The summed E-state index contributed by atoms with van der Waals surface area (Å²) >= 11 is 0. The van der Waals surface area contributed by atoms with E-state index in [1.807, 2.05) is 0 Å². The Kier molecular flexibility index (Phi) is 22.1. The minimum atomic E-state index is -4.05. The molecule has 0 fully saturated rings. The molecule has 0 bridgehead atoms. The van der Waals surface area contributed by atoms with Gasteiger partial charge in [-0.1, -0.05) is 84.0 Å². The molecule has 0 amide bonds. The number of nitrogens with zero attached hydrogens (tertiary/aromatic N) is 2. The molecule has 0 saturated heterocycles. The van der Waals surface area contributed by atoms with Gasteiger partial charge in [0.2, 0.25) is 5.84 Å². The summed E-state index contributed by atoms with van der Waals surface area (Å²) in [7, 11) is -1.87. The monoisotopic (exact) mass is 523 g/mol. The van der Waals surface area contributed by atoms with Gasteiger partial charge < -0.3 is 4.55 Å². The first-order chi connectivity index (χ1) is 16.3. The van der Waals surface area contributed by atoms with Crippen molar-refractivity contribution in [3.8, 4) is 0 Å². The van der Waals surface area contributed by atoms with E-state index in [0.29, 0.717) is 12.2 Å². The number of carbonyl (C=O) groups excluding carboxylic acids is 1. The Labute approximate surface area is 238 Å². The second-order valence-electron chi connectivity index (χ2n) is 10.2. The molecule has 1 aliphatic rings. The topological polar surface area (TPSA) is 80.5 Å². The number of Topliss-reactive ketones (excluding diaryl/α,β-unsaturated/α-hetero) is 1. The third kappa shape index (κ3) is 19.8. The van der Waals surface area contributed by atoms with Crippen LogP contribution in [-0.2, 0) is 14.9 Å². The molecule has 35 heavy (non-hydrogen) atoms. The van der Waals surface area contributed by atoms with Crippen molar-refractivity contribution in [2.45, 2.75) is 129 Å². The largest absolute Gasteiger partial charge is 1.00 e. The SMILES string of the molecule is CCCCCCCCCCC(=O)CCCN1CC[N+](C)=C1CCCCCCCCCS(=O)(=O)[O-].[Na+]. The summed E-state index contributed by atoms with van der Waals surface area (Å²) in [6.45, 7) is 5.38. The van der Waals surface area contributed by atoms with E-state index >= 15 is 0 Å². The average Bonchev–Trinajstić information content (AvgIpc) is 3.13. The smallest absolute Gasteiger partial charge is 0.748 e. The van der Waals surface area contributed by atoms with Crippen molar-refractivity contribution in [2.75, 3.05) is 32.4 Å². The van der Waals surface area contributed by atoms with Gasteiger partial charge in [-0.15, -0.1) is 0 Å². The van der Waals surface area contributed by atoms with E-state index in [0.717, 1.165) is 77.4 Å². The first-order valence-electron chi connectivity index (χ1n) is 14.1. The zero-order valence-corrected chi connectivity index (χ0v) is 26.0. The molecule has 1 aliphatic heterocycles. The summed E-state index contributed by atoms with van der Waals surface area (Å²) in [5, 5.41) is 0. The van der Waals surface area contributed by atoms with Crippen molar-refractivity contribution in [1.82, 2.24) is 4.90 Å². The Morgan fingerprint density at radius 1 is 0.829 bits per heavy atom. The third-order valence-corrected chi connectivity index (χ3v) is 7.79. The first kappa shape index (κ1) is 35.0. The van der Waals surface area contributed by atoms with Gasteiger partial charge in [0.1, 0.15) is 18.9 Å². The van der Waals surface area contributed by atoms with Gasteiger partial charge in [0, 0.05) is 25.0 Å². The fraction of sp³-hybridized carbons (Fsp3) is 0.926. The molecule has 6 nitrogen and oxygen atoms in total. The van der Waals surface area contributed by atoms with Crippen LogP contribution in [0.2, 0.25) is 0 Å². The number of amidine groups is 1. The van der Waals surface area contributed by atoms with Crippen LogP contribution in [0.25, 0.3) is 0 Å². The zero-order valence-electron chi connectivity index (χ0n) is 23.2. The average molecular weight is 524 g/mol. The molecule has 0 unspecified atom stereocenters. The quantitative estimate of drug-likeness (QED) is 0.0891. The molecule has 0 aromatic rings. The molecular weight excluding hydrogens is 471 g/mol. The second kappa shape index (κ2) is 22.1. The van der Waals surface area contributed by atoms with Gasteiger partial charge in [-0.05, 0) is 25.7 Å². The number of hydrogen-bond acceptors (Lipinski definition) is 5. The summed E-state index contributed by atoms with van der Waals surface area (Å²) < 4.78 is 34.2. The number of ketones is 1. The Morgan fingerprint density at radius 2 is 1.34 bits per heavy atom. The van der Waals surface area contributed by atoms with E-state index in [9.17, 15) is 17.8 Å². The summed E-state index contributed by atoms with van der Waals surface area (Å²) in [5.74, 6) is 1.64. The van der Waals surface area contributed by atoms with Crippen molar-refractivity contribution in [2.24, 2.45) is 0 Å². The molecule has 200 valence electrons. The van der Waals surface area contributed by atoms with Gasteiger partial charge in [0.05, 0.1) is 23.7 Å². The van der Waals surface area contributed by atoms with E-state index in [1.165, 1.54) is 63.6 Å². The summed E-state index contributed by atoms with van der Waals surface area (Å²) in [5.41, 5.74) is 0. The van der Waals surface area contributed by atoms with Gasteiger partial charge in [0.15, 0.2) is 0 Å². The molecular formula is C27H52N2NaO4S+. The Hall–Kier alpha value is 0.0500. The van der Waals surface area contributed by atoms with Crippen LogP contribution in [-0.4, -0.2) is 66.5 Å². The van der Waals surface area contributed by atoms with E-state index in [4.69, 9.17) is 0 Å². The van der Waals surface area contributed by atoms with Crippen molar-refractivity contribution < 1.29 is 51.9 Å². The van der Waals surface area contributed by atoms with Gasteiger partial charge in [0.25, 0.3) is 0 Å². The van der Waals surface area contributed by atoms with Gasteiger partial charge in [-0.3, -0.25) is 14.3 Å². The zero-order chi connectivity index (χ0) is 25.1. The van der Waals surface area contributed by atoms with Gasteiger partial charge in [-0.2, -0.15) is 0 Å². The van der Waals surface area contributed by atoms with E-state index in [-0.39, 0.29) is 35.3 Å². The number of hydrogen-bond donors (Lipinski definition) is 0. The third-order valence-electron chi connectivity index (χ3n) is 7.00. The fourth-order valence-corrected chi connectivity index (χ4v) is 5.41. The molecule has 0 aliphatic carbocycles. The van der Waals surface area contributed by atoms with Gasteiger partial charge in [-0.25, -0.2) is 8.42 Å². The van der Waals surface area contributed by atoms with Crippen molar-refractivity contribution in [1.29, 1.82) is 0 Å². The molecule has 1 heterocycles. The molecule has 0 radical (unpaired) electrons. The standard InChI is InChI=1S/C27H52N2O4S.Na/c1-3-4-5-6-7-9-12-15-19-26(30)20-18-22-29-24-23-28(2)27(29)21-16-13-10-8-11-14-17-25-34(31,32)33;/h3-25H2,1-2H3;/q;+1.